The number of carbonyl (C=O) groups excluding carboxylic acids is 1. The van der Waals surface area contributed by atoms with Gasteiger partial charge in [0.25, 0.3) is 0 Å². The predicted octanol–water partition coefficient (Wildman–Crippen LogP) is 3.04. The van der Waals surface area contributed by atoms with Gasteiger partial charge in [-0.05, 0) is 44.4 Å². The number of ether oxygens (including phenoxy) is 1. The van der Waals surface area contributed by atoms with Crippen molar-refractivity contribution in [1.29, 1.82) is 0 Å². The minimum atomic E-state index is -0.520. The molecule has 19 heavy (non-hydrogen) atoms. The summed E-state index contributed by atoms with van der Waals surface area (Å²) in [5.74, 6) is -0.411. The minimum Gasteiger partial charge on any atom is -0.444 e. The molecule has 0 heterocycles. The summed E-state index contributed by atoms with van der Waals surface area (Å²) < 4.78 is 18.2. The number of amides is 1. The molecule has 0 aliphatic carbocycles. The van der Waals surface area contributed by atoms with Crippen molar-refractivity contribution in [3.05, 3.63) is 29.6 Å². The van der Waals surface area contributed by atoms with Gasteiger partial charge < -0.3 is 15.8 Å². The average molecular weight is 268 g/mol. The van der Waals surface area contributed by atoms with E-state index < -0.39 is 17.5 Å². The van der Waals surface area contributed by atoms with Crippen LogP contribution in [0, 0.1) is 5.82 Å². The van der Waals surface area contributed by atoms with Gasteiger partial charge in [-0.15, -0.1) is 0 Å². The smallest absolute Gasteiger partial charge is 0.407 e. The van der Waals surface area contributed by atoms with Crippen molar-refractivity contribution in [3.8, 4) is 0 Å². The van der Waals surface area contributed by atoms with E-state index in [9.17, 15) is 9.18 Å². The van der Waals surface area contributed by atoms with Gasteiger partial charge >= 0.3 is 6.09 Å². The molecule has 0 fully saturated rings. The highest BCUT2D eigenvalue weighted by Crippen LogP contribution is 2.19. The highest BCUT2D eigenvalue weighted by Gasteiger charge is 2.17. The SMILES string of the molecule is CC(CNC(=O)OC(C)(C)C)c1ccc(F)c(N)c1. The molecule has 3 N–H and O–H groups in total. The second-order valence-corrected chi connectivity index (χ2v) is 5.56. The summed E-state index contributed by atoms with van der Waals surface area (Å²) in [6.07, 6.45) is -0.463. The highest BCUT2D eigenvalue weighted by molar-refractivity contribution is 5.67. The molecule has 1 aromatic carbocycles. The third-order valence-corrected chi connectivity index (χ3v) is 2.54. The standard InChI is InChI=1S/C14H21FN2O2/c1-9(8-17-13(18)19-14(2,3)4)10-5-6-11(15)12(16)7-10/h5-7,9H,8,16H2,1-4H3,(H,17,18). The molecule has 5 heteroatoms. The number of benzene rings is 1. The van der Waals surface area contributed by atoms with E-state index in [0.29, 0.717) is 6.54 Å². The Hall–Kier alpha value is -1.78. The Morgan fingerprint density at radius 2 is 2.11 bits per heavy atom. The van der Waals surface area contributed by atoms with Crippen molar-refractivity contribution in [2.45, 2.75) is 39.2 Å². The monoisotopic (exact) mass is 268 g/mol. The lowest BCUT2D eigenvalue weighted by Gasteiger charge is -2.21. The van der Waals surface area contributed by atoms with Crippen LogP contribution in [0.2, 0.25) is 0 Å². The fraction of sp³-hybridized carbons (Fsp3) is 0.500. The second kappa shape index (κ2) is 5.91. The van der Waals surface area contributed by atoms with Crippen LogP contribution >= 0.6 is 0 Å². The van der Waals surface area contributed by atoms with E-state index in [4.69, 9.17) is 10.5 Å². The van der Waals surface area contributed by atoms with E-state index in [1.807, 2.05) is 6.92 Å². The van der Waals surface area contributed by atoms with Crippen LogP contribution < -0.4 is 11.1 Å². The molecule has 1 atom stereocenters. The predicted molar refractivity (Wildman–Crippen MR) is 73.5 cm³/mol. The fourth-order valence-corrected chi connectivity index (χ4v) is 1.54. The van der Waals surface area contributed by atoms with Crippen molar-refractivity contribution in [1.82, 2.24) is 5.32 Å². The lowest BCUT2D eigenvalue weighted by atomic mass is 10.0. The Bertz CT molecular complexity index is 455. The summed E-state index contributed by atoms with van der Waals surface area (Å²) in [5.41, 5.74) is 5.97. The van der Waals surface area contributed by atoms with Crippen LogP contribution in [-0.2, 0) is 4.74 Å². The summed E-state index contributed by atoms with van der Waals surface area (Å²) in [6, 6.07) is 4.57. The molecule has 1 amide bonds. The average Bonchev–Trinajstić information content (AvgIpc) is 2.27. The molecule has 1 rings (SSSR count). The van der Waals surface area contributed by atoms with E-state index in [1.165, 1.54) is 6.07 Å². The Morgan fingerprint density at radius 1 is 1.47 bits per heavy atom. The largest absolute Gasteiger partial charge is 0.444 e. The summed E-state index contributed by atoms with van der Waals surface area (Å²) in [4.78, 5) is 11.5. The normalized spacial score (nSPS) is 12.9. The lowest BCUT2D eigenvalue weighted by molar-refractivity contribution is 0.0525. The Morgan fingerprint density at radius 3 is 2.63 bits per heavy atom. The van der Waals surface area contributed by atoms with Crippen LogP contribution in [0.5, 0.6) is 0 Å². The van der Waals surface area contributed by atoms with E-state index in [1.54, 1.807) is 32.9 Å². The summed E-state index contributed by atoms with van der Waals surface area (Å²) >= 11 is 0. The zero-order chi connectivity index (χ0) is 14.6. The van der Waals surface area contributed by atoms with Gasteiger partial charge in [0, 0.05) is 6.54 Å². The van der Waals surface area contributed by atoms with Gasteiger partial charge in [0.15, 0.2) is 0 Å². The van der Waals surface area contributed by atoms with E-state index in [-0.39, 0.29) is 11.6 Å². The molecular weight excluding hydrogens is 247 g/mol. The maximum atomic E-state index is 13.0. The third kappa shape index (κ3) is 5.16. The molecule has 106 valence electrons. The van der Waals surface area contributed by atoms with E-state index >= 15 is 0 Å². The van der Waals surface area contributed by atoms with E-state index in [0.717, 1.165) is 5.56 Å². The molecule has 0 radical (unpaired) electrons. The number of anilines is 1. The lowest BCUT2D eigenvalue weighted by Crippen LogP contribution is -2.34. The summed E-state index contributed by atoms with van der Waals surface area (Å²) in [6.45, 7) is 7.73. The van der Waals surface area contributed by atoms with Crippen LogP contribution in [-0.4, -0.2) is 18.2 Å². The maximum absolute atomic E-state index is 13.0. The summed E-state index contributed by atoms with van der Waals surface area (Å²) in [5, 5.41) is 2.68. The first kappa shape index (κ1) is 15.3. The van der Waals surface area contributed by atoms with Gasteiger partial charge in [-0.25, -0.2) is 9.18 Å². The molecule has 0 aromatic heterocycles. The maximum Gasteiger partial charge on any atom is 0.407 e. The number of hydrogen-bond donors (Lipinski definition) is 2. The number of rotatable bonds is 3. The highest BCUT2D eigenvalue weighted by atomic mass is 19.1. The van der Waals surface area contributed by atoms with Crippen LogP contribution in [0.15, 0.2) is 18.2 Å². The minimum absolute atomic E-state index is 0.0235. The second-order valence-electron chi connectivity index (χ2n) is 5.56. The van der Waals surface area contributed by atoms with Crippen LogP contribution in [0.25, 0.3) is 0 Å². The number of halogens is 1. The van der Waals surface area contributed by atoms with Gasteiger partial charge in [-0.2, -0.15) is 0 Å². The van der Waals surface area contributed by atoms with Crippen molar-refractivity contribution < 1.29 is 13.9 Å². The molecular formula is C14H21FN2O2. The zero-order valence-electron chi connectivity index (χ0n) is 11.8. The summed E-state index contributed by atoms with van der Waals surface area (Å²) in [7, 11) is 0. The van der Waals surface area contributed by atoms with Crippen molar-refractivity contribution in [2.75, 3.05) is 12.3 Å². The van der Waals surface area contributed by atoms with Gasteiger partial charge in [-0.1, -0.05) is 13.0 Å². The number of carbonyl (C=O) groups is 1. The van der Waals surface area contributed by atoms with Gasteiger partial charge in [0.2, 0.25) is 0 Å². The molecule has 0 spiro atoms. The first-order chi connectivity index (χ1) is 8.69. The Balaban J connectivity index is 2.53. The number of hydrogen-bond acceptors (Lipinski definition) is 3. The molecule has 0 bridgehead atoms. The molecule has 4 nitrogen and oxygen atoms in total. The molecule has 0 saturated heterocycles. The molecule has 0 aliphatic rings. The third-order valence-electron chi connectivity index (χ3n) is 2.54. The first-order valence-electron chi connectivity index (χ1n) is 6.21. The van der Waals surface area contributed by atoms with Crippen LogP contribution in [0.1, 0.15) is 39.2 Å². The fourth-order valence-electron chi connectivity index (χ4n) is 1.54. The van der Waals surface area contributed by atoms with Crippen molar-refractivity contribution in [3.63, 3.8) is 0 Å². The van der Waals surface area contributed by atoms with Gasteiger partial charge in [-0.3, -0.25) is 0 Å². The number of nitrogen functional groups attached to an aromatic ring is 1. The van der Waals surface area contributed by atoms with Gasteiger partial charge in [0.05, 0.1) is 5.69 Å². The Kier molecular flexibility index (Phi) is 4.75. The van der Waals surface area contributed by atoms with Crippen molar-refractivity contribution >= 4 is 11.8 Å². The number of nitrogens with one attached hydrogen (secondary N) is 1. The van der Waals surface area contributed by atoms with Crippen molar-refractivity contribution in [2.24, 2.45) is 0 Å². The molecule has 0 saturated carbocycles. The number of nitrogens with two attached hydrogens (primary N) is 1. The molecule has 1 aromatic rings. The quantitative estimate of drug-likeness (QED) is 0.828. The van der Waals surface area contributed by atoms with Gasteiger partial charge in [0.1, 0.15) is 11.4 Å². The van der Waals surface area contributed by atoms with Crippen LogP contribution in [0.3, 0.4) is 0 Å². The number of alkyl carbamates (subject to hydrolysis) is 1. The molecule has 1 unspecified atom stereocenters. The zero-order valence-corrected chi connectivity index (χ0v) is 11.8. The topological polar surface area (TPSA) is 64.3 Å². The molecule has 0 aliphatic heterocycles. The Labute approximate surface area is 113 Å². The van der Waals surface area contributed by atoms with E-state index in [2.05, 4.69) is 5.32 Å². The first-order valence-corrected chi connectivity index (χ1v) is 6.21. The van der Waals surface area contributed by atoms with Crippen LogP contribution in [0.4, 0.5) is 14.9 Å².